The summed E-state index contributed by atoms with van der Waals surface area (Å²) in [6, 6.07) is 1.47. The number of likely N-dealkylation sites (tertiary alicyclic amines) is 1. The molecule has 0 aliphatic carbocycles. The average Bonchev–Trinajstić information content (AvgIpc) is 2.30. The highest BCUT2D eigenvalue weighted by Crippen LogP contribution is 2.16. The predicted octanol–water partition coefficient (Wildman–Crippen LogP) is 1.79. The van der Waals surface area contributed by atoms with E-state index < -0.39 is 0 Å². The Bertz CT molecular complexity index is 194. The van der Waals surface area contributed by atoms with E-state index in [4.69, 9.17) is 0 Å². The molecular formula is C14H31N3. The summed E-state index contributed by atoms with van der Waals surface area (Å²) >= 11 is 0. The molecule has 0 aromatic heterocycles. The maximum absolute atomic E-state index is 3.57. The van der Waals surface area contributed by atoms with Crippen molar-refractivity contribution in [3.05, 3.63) is 0 Å². The van der Waals surface area contributed by atoms with Gasteiger partial charge in [0, 0.05) is 25.2 Å². The van der Waals surface area contributed by atoms with Crippen LogP contribution in [0.15, 0.2) is 0 Å². The molecule has 3 nitrogen and oxygen atoms in total. The van der Waals surface area contributed by atoms with Crippen molar-refractivity contribution < 1.29 is 0 Å². The van der Waals surface area contributed by atoms with Gasteiger partial charge in [0.05, 0.1) is 0 Å². The van der Waals surface area contributed by atoms with Gasteiger partial charge < -0.3 is 15.1 Å². The van der Waals surface area contributed by atoms with Gasteiger partial charge in [0.25, 0.3) is 0 Å². The van der Waals surface area contributed by atoms with Crippen molar-refractivity contribution in [2.24, 2.45) is 0 Å². The molecule has 3 heteroatoms. The molecule has 17 heavy (non-hydrogen) atoms. The zero-order chi connectivity index (χ0) is 12.7. The summed E-state index contributed by atoms with van der Waals surface area (Å²) in [4.78, 5) is 4.92. The van der Waals surface area contributed by atoms with Crippen molar-refractivity contribution in [1.29, 1.82) is 0 Å². The maximum Gasteiger partial charge on any atom is 0.0106 e. The standard InChI is InChI=1S/C14H31N3/c1-13(2)16(3)12-10-15-9-8-14-7-5-6-11-17(14)4/h13-15H,5-12H2,1-4H3. The molecule has 0 bridgehead atoms. The first-order valence-electron chi connectivity index (χ1n) is 7.22. The third-order valence-electron chi connectivity index (χ3n) is 4.10. The van der Waals surface area contributed by atoms with Crippen LogP contribution in [-0.2, 0) is 0 Å². The Balaban J connectivity index is 2.00. The van der Waals surface area contributed by atoms with Crippen molar-refractivity contribution in [3.8, 4) is 0 Å². The molecule has 1 atom stereocenters. The molecule has 0 saturated carbocycles. The fraction of sp³-hybridized carbons (Fsp3) is 1.00. The van der Waals surface area contributed by atoms with Crippen molar-refractivity contribution in [2.75, 3.05) is 40.3 Å². The van der Waals surface area contributed by atoms with Gasteiger partial charge >= 0.3 is 0 Å². The van der Waals surface area contributed by atoms with E-state index in [0.717, 1.165) is 19.1 Å². The molecule has 1 fully saturated rings. The van der Waals surface area contributed by atoms with Crippen molar-refractivity contribution in [1.82, 2.24) is 15.1 Å². The van der Waals surface area contributed by atoms with Crippen LogP contribution >= 0.6 is 0 Å². The van der Waals surface area contributed by atoms with Crippen LogP contribution < -0.4 is 5.32 Å². The highest BCUT2D eigenvalue weighted by Gasteiger charge is 2.17. The van der Waals surface area contributed by atoms with Gasteiger partial charge in [-0.15, -0.1) is 0 Å². The van der Waals surface area contributed by atoms with Crippen molar-refractivity contribution in [3.63, 3.8) is 0 Å². The van der Waals surface area contributed by atoms with E-state index in [9.17, 15) is 0 Å². The summed E-state index contributed by atoms with van der Waals surface area (Å²) in [5.41, 5.74) is 0. The van der Waals surface area contributed by atoms with E-state index in [1.807, 2.05) is 0 Å². The Labute approximate surface area is 108 Å². The summed E-state index contributed by atoms with van der Waals surface area (Å²) in [5, 5.41) is 3.57. The monoisotopic (exact) mass is 241 g/mol. The fourth-order valence-corrected chi connectivity index (χ4v) is 2.42. The molecule has 0 amide bonds. The number of nitrogens with zero attached hydrogens (tertiary/aromatic N) is 2. The number of hydrogen-bond donors (Lipinski definition) is 1. The lowest BCUT2D eigenvalue weighted by Gasteiger charge is -2.32. The van der Waals surface area contributed by atoms with Gasteiger partial charge in [0.1, 0.15) is 0 Å². The molecule has 1 unspecified atom stereocenters. The number of rotatable bonds is 7. The highest BCUT2D eigenvalue weighted by atomic mass is 15.1. The zero-order valence-corrected chi connectivity index (χ0v) is 12.2. The van der Waals surface area contributed by atoms with Crippen LogP contribution in [0.25, 0.3) is 0 Å². The molecule has 1 aliphatic rings. The van der Waals surface area contributed by atoms with Gasteiger partial charge in [-0.25, -0.2) is 0 Å². The van der Waals surface area contributed by atoms with E-state index in [2.05, 4.69) is 43.1 Å². The Morgan fingerprint density at radius 2 is 2.06 bits per heavy atom. The first-order valence-corrected chi connectivity index (χ1v) is 7.22. The van der Waals surface area contributed by atoms with Crippen LogP contribution in [0.3, 0.4) is 0 Å². The highest BCUT2D eigenvalue weighted by molar-refractivity contribution is 4.74. The summed E-state index contributed by atoms with van der Waals surface area (Å²) < 4.78 is 0. The smallest absolute Gasteiger partial charge is 0.0106 e. The Hall–Kier alpha value is -0.120. The second kappa shape index (κ2) is 8.06. The topological polar surface area (TPSA) is 18.5 Å². The lowest BCUT2D eigenvalue weighted by molar-refractivity contribution is 0.175. The molecule has 1 N–H and O–H groups in total. The number of piperidine rings is 1. The van der Waals surface area contributed by atoms with E-state index in [1.165, 1.54) is 38.8 Å². The summed E-state index contributed by atoms with van der Waals surface area (Å²) in [6.07, 6.45) is 5.51. The Morgan fingerprint density at radius 1 is 1.29 bits per heavy atom. The minimum absolute atomic E-state index is 0.654. The van der Waals surface area contributed by atoms with Crippen molar-refractivity contribution >= 4 is 0 Å². The first kappa shape index (κ1) is 14.9. The van der Waals surface area contributed by atoms with Gasteiger partial charge in [0.2, 0.25) is 0 Å². The molecular weight excluding hydrogens is 210 g/mol. The van der Waals surface area contributed by atoms with Gasteiger partial charge in [-0.1, -0.05) is 6.42 Å². The third kappa shape index (κ3) is 5.84. The number of hydrogen-bond acceptors (Lipinski definition) is 3. The van der Waals surface area contributed by atoms with Gasteiger partial charge in [-0.05, 0) is 60.3 Å². The summed E-state index contributed by atoms with van der Waals surface area (Å²) in [7, 11) is 4.47. The predicted molar refractivity (Wildman–Crippen MR) is 75.5 cm³/mol. The van der Waals surface area contributed by atoms with Crippen LogP contribution in [0.2, 0.25) is 0 Å². The quantitative estimate of drug-likeness (QED) is 0.686. The molecule has 1 rings (SSSR count). The van der Waals surface area contributed by atoms with Crippen LogP contribution in [0.5, 0.6) is 0 Å². The summed E-state index contributed by atoms with van der Waals surface area (Å²) in [6.45, 7) is 9.22. The van der Waals surface area contributed by atoms with E-state index in [-0.39, 0.29) is 0 Å². The minimum atomic E-state index is 0.654. The normalized spacial score (nSPS) is 22.6. The lowest BCUT2D eigenvalue weighted by Crippen LogP contribution is -2.39. The van der Waals surface area contributed by atoms with Crippen LogP contribution in [0.4, 0.5) is 0 Å². The zero-order valence-electron chi connectivity index (χ0n) is 12.2. The molecule has 0 spiro atoms. The SMILES string of the molecule is CC(C)N(C)CCNCCC1CCCCN1C. The van der Waals surface area contributed by atoms with E-state index >= 15 is 0 Å². The third-order valence-corrected chi connectivity index (χ3v) is 4.10. The second-order valence-electron chi connectivity index (χ2n) is 5.74. The molecule has 1 aliphatic heterocycles. The molecule has 0 aromatic carbocycles. The Morgan fingerprint density at radius 3 is 2.71 bits per heavy atom. The van der Waals surface area contributed by atoms with Gasteiger partial charge in [-0.2, -0.15) is 0 Å². The molecule has 1 saturated heterocycles. The lowest BCUT2D eigenvalue weighted by atomic mass is 10.0. The molecule has 102 valence electrons. The average molecular weight is 241 g/mol. The van der Waals surface area contributed by atoms with Crippen LogP contribution in [-0.4, -0.2) is 62.2 Å². The van der Waals surface area contributed by atoms with Crippen LogP contribution in [0.1, 0.15) is 39.5 Å². The van der Waals surface area contributed by atoms with E-state index in [1.54, 1.807) is 0 Å². The molecule has 1 heterocycles. The van der Waals surface area contributed by atoms with Crippen LogP contribution in [0, 0.1) is 0 Å². The Kier molecular flexibility index (Phi) is 7.09. The largest absolute Gasteiger partial charge is 0.315 e. The van der Waals surface area contributed by atoms with Gasteiger partial charge in [0.15, 0.2) is 0 Å². The summed E-state index contributed by atoms with van der Waals surface area (Å²) in [5.74, 6) is 0. The van der Waals surface area contributed by atoms with Gasteiger partial charge in [-0.3, -0.25) is 0 Å². The molecule has 0 radical (unpaired) electrons. The maximum atomic E-state index is 3.57. The van der Waals surface area contributed by atoms with E-state index in [0.29, 0.717) is 6.04 Å². The minimum Gasteiger partial charge on any atom is -0.315 e. The number of nitrogens with one attached hydrogen (secondary N) is 1. The first-order chi connectivity index (χ1) is 8.11. The number of likely N-dealkylation sites (N-methyl/N-ethyl adjacent to an activating group) is 1. The fourth-order valence-electron chi connectivity index (χ4n) is 2.42. The molecule has 0 aromatic rings. The van der Waals surface area contributed by atoms with Crippen molar-refractivity contribution in [2.45, 2.75) is 51.6 Å². The second-order valence-corrected chi connectivity index (χ2v) is 5.74.